The van der Waals surface area contributed by atoms with Gasteiger partial charge in [0.05, 0.1) is 12.0 Å². The number of amides is 1. The lowest BCUT2D eigenvalue weighted by Gasteiger charge is -2.19. The summed E-state index contributed by atoms with van der Waals surface area (Å²) in [5.74, 6) is -0.743. The Balaban J connectivity index is 1.79. The maximum absolute atomic E-state index is 12.8. The standard InChI is InChI=1S/C17H17ClN2O5S/c18-12-5-3-11(4-6-12)15(21)16(19-13-7-9-26(23,24)10-13)20-17(22)14-2-1-8-25-14/h1-6,8,13,16,19H,7,9-10H2,(H,20,22)/p+1/t13-,16+/m1/s1. The molecular weight excluding hydrogens is 380 g/mol. The maximum atomic E-state index is 12.8. The van der Waals surface area contributed by atoms with E-state index in [1.807, 2.05) is 0 Å². The van der Waals surface area contributed by atoms with E-state index in [1.54, 1.807) is 35.6 Å². The molecule has 26 heavy (non-hydrogen) atoms. The molecule has 3 N–H and O–H groups in total. The predicted octanol–water partition coefficient (Wildman–Crippen LogP) is 0.622. The van der Waals surface area contributed by atoms with E-state index in [0.29, 0.717) is 17.0 Å². The summed E-state index contributed by atoms with van der Waals surface area (Å²) in [6.07, 6.45) is 0.828. The molecule has 1 fully saturated rings. The number of carbonyl (C=O) groups is 2. The fourth-order valence-corrected chi connectivity index (χ4v) is 4.75. The van der Waals surface area contributed by atoms with Crippen molar-refractivity contribution in [3.05, 3.63) is 59.0 Å². The van der Waals surface area contributed by atoms with Crippen LogP contribution in [-0.2, 0) is 9.84 Å². The van der Waals surface area contributed by atoms with Gasteiger partial charge < -0.3 is 9.73 Å². The summed E-state index contributed by atoms with van der Waals surface area (Å²) in [7, 11) is -3.10. The zero-order valence-electron chi connectivity index (χ0n) is 13.7. The molecule has 1 saturated heterocycles. The number of hydrogen-bond acceptors (Lipinski definition) is 5. The van der Waals surface area contributed by atoms with E-state index in [4.69, 9.17) is 16.0 Å². The zero-order chi connectivity index (χ0) is 18.7. The number of halogens is 1. The Labute approximate surface area is 155 Å². The van der Waals surface area contributed by atoms with Crippen LogP contribution in [0.15, 0.2) is 47.1 Å². The number of ketones is 1. The lowest BCUT2D eigenvalue weighted by molar-refractivity contribution is -0.706. The molecule has 0 radical (unpaired) electrons. The van der Waals surface area contributed by atoms with Gasteiger partial charge in [-0.25, -0.2) is 8.42 Å². The summed E-state index contributed by atoms with van der Waals surface area (Å²) < 4.78 is 28.4. The monoisotopic (exact) mass is 397 g/mol. The molecule has 0 unspecified atom stereocenters. The predicted molar refractivity (Wildman–Crippen MR) is 94.7 cm³/mol. The van der Waals surface area contributed by atoms with Gasteiger partial charge in [0.15, 0.2) is 15.6 Å². The van der Waals surface area contributed by atoms with Gasteiger partial charge in [-0.15, -0.1) is 0 Å². The topological polar surface area (TPSA) is 110 Å². The number of nitrogens with one attached hydrogen (secondary N) is 1. The summed E-state index contributed by atoms with van der Waals surface area (Å²) >= 11 is 5.85. The SMILES string of the molecule is O=C(N[C@H]([NH2+][C@@H]1CCS(=O)(=O)C1)C(=O)c1ccc(Cl)cc1)c1ccco1. The Morgan fingerprint density at radius 1 is 1.23 bits per heavy atom. The lowest BCUT2D eigenvalue weighted by Crippen LogP contribution is -3.00. The van der Waals surface area contributed by atoms with Crippen LogP contribution in [0.5, 0.6) is 0 Å². The van der Waals surface area contributed by atoms with Crippen molar-refractivity contribution in [1.82, 2.24) is 5.32 Å². The van der Waals surface area contributed by atoms with Crippen LogP contribution in [0.25, 0.3) is 0 Å². The fraction of sp³-hybridized carbons (Fsp3) is 0.294. The number of furan rings is 1. The van der Waals surface area contributed by atoms with Crippen molar-refractivity contribution in [2.45, 2.75) is 18.6 Å². The molecule has 0 bridgehead atoms. The van der Waals surface area contributed by atoms with Gasteiger partial charge in [-0.1, -0.05) is 11.6 Å². The highest BCUT2D eigenvalue weighted by Crippen LogP contribution is 2.12. The molecule has 1 aromatic carbocycles. The molecule has 1 aliphatic heterocycles. The number of benzene rings is 1. The Bertz CT molecular complexity index is 894. The third-order valence-corrected chi connectivity index (χ3v) is 6.22. The van der Waals surface area contributed by atoms with Gasteiger partial charge in [-0.05, 0) is 36.4 Å². The van der Waals surface area contributed by atoms with Gasteiger partial charge in [0.1, 0.15) is 11.8 Å². The molecule has 9 heteroatoms. The number of quaternary nitrogens is 1. The van der Waals surface area contributed by atoms with Gasteiger partial charge in [-0.2, -0.15) is 0 Å². The molecule has 1 aromatic heterocycles. The van der Waals surface area contributed by atoms with Gasteiger partial charge in [0.25, 0.3) is 5.91 Å². The molecule has 2 heterocycles. The minimum absolute atomic E-state index is 0.0198. The molecule has 1 aliphatic rings. The largest absolute Gasteiger partial charge is 0.459 e. The van der Waals surface area contributed by atoms with Crippen LogP contribution < -0.4 is 10.6 Å². The highest BCUT2D eigenvalue weighted by atomic mass is 35.5. The number of sulfone groups is 1. The molecule has 3 rings (SSSR count). The molecule has 1 amide bonds. The van der Waals surface area contributed by atoms with Crippen molar-refractivity contribution in [2.24, 2.45) is 0 Å². The van der Waals surface area contributed by atoms with Crippen molar-refractivity contribution in [3.63, 3.8) is 0 Å². The first-order chi connectivity index (χ1) is 12.3. The molecule has 0 spiro atoms. The summed E-state index contributed by atoms with van der Waals surface area (Å²) in [6, 6.07) is 9.06. The molecule has 0 aliphatic carbocycles. The fourth-order valence-electron chi connectivity index (χ4n) is 2.86. The second-order valence-corrected chi connectivity index (χ2v) is 8.82. The normalized spacial score (nSPS) is 19.8. The Morgan fingerprint density at radius 3 is 2.54 bits per heavy atom. The van der Waals surface area contributed by atoms with Crippen LogP contribution in [-0.4, -0.2) is 43.8 Å². The van der Waals surface area contributed by atoms with E-state index in [0.717, 1.165) is 0 Å². The molecule has 138 valence electrons. The van der Waals surface area contributed by atoms with Gasteiger partial charge in [0.2, 0.25) is 11.9 Å². The Hall–Kier alpha value is -2.16. The number of nitrogens with two attached hydrogens (primary N) is 1. The lowest BCUT2D eigenvalue weighted by atomic mass is 10.1. The minimum Gasteiger partial charge on any atom is -0.459 e. The van der Waals surface area contributed by atoms with E-state index < -0.39 is 21.9 Å². The second kappa shape index (κ2) is 7.61. The van der Waals surface area contributed by atoms with E-state index in [1.165, 1.54) is 12.3 Å². The first kappa shape index (κ1) is 18.6. The summed E-state index contributed by atoms with van der Waals surface area (Å²) in [6.45, 7) is 0. The third kappa shape index (κ3) is 4.51. The van der Waals surface area contributed by atoms with Crippen LogP contribution in [0.1, 0.15) is 27.3 Å². The second-order valence-electron chi connectivity index (χ2n) is 6.16. The molecule has 0 saturated carbocycles. The third-order valence-electron chi connectivity index (χ3n) is 4.18. The average molecular weight is 398 g/mol. The van der Waals surface area contributed by atoms with E-state index in [9.17, 15) is 18.0 Å². The van der Waals surface area contributed by atoms with Crippen molar-refractivity contribution in [2.75, 3.05) is 11.5 Å². The average Bonchev–Trinajstić information content (AvgIpc) is 3.24. The summed E-state index contributed by atoms with van der Waals surface area (Å²) in [5, 5.41) is 4.71. The van der Waals surface area contributed by atoms with Crippen molar-refractivity contribution in [3.8, 4) is 0 Å². The molecule has 2 aromatic rings. The molecular formula is C17H18ClN2O5S+. The van der Waals surface area contributed by atoms with Crippen LogP contribution in [0.3, 0.4) is 0 Å². The van der Waals surface area contributed by atoms with Crippen LogP contribution in [0, 0.1) is 0 Å². The van der Waals surface area contributed by atoms with Gasteiger partial charge in [0, 0.05) is 17.0 Å². The minimum atomic E-state index is -3.10. The number of hydrogen-bond donors (Lipinski definition) is 2. The number of rotatable bonds is 6. The van der Waals surface area contributed by atoms with Gasteiger partial charge in [-0.3, -0.25) is 14.9 Å². The van der Waals surface area contributed by atoms with Crippen LogP contribution in [0.4, 0.5) is 0 Å². The highest BCUT2D eigenvalue weighted by molar-refractivity contribution is 7.91. The zero-order valence-corrected chi connectivity index (χ0v) is 15.3. The van der Waals surface area contributed by atoms with Gasteiger partial charge >= 0.3 is 0 Å². The molecule has 7 nitrogen and oxygen atoms in total. The summed E-state index contributed by atoms with van der Waals surface area (Å²) in [5.41, 5.74) is 0.372. The molecule has 2 atom stereocenters. The first-order valence-electron chi connectivity index (χ1n) is 8.03. The Kier molecular flexibility index (Phi) is 5.45. The maximum Gasteiger partial charge on any atom is 0.291 e. The van der Waals surface area contributed by atoms with Crippen LogP contribution in [0.2, 0.25) is 5.02 Å². The van der Waals surface area contributed by atoms with E-state index in [-0.39, 0.29) is 29.1 Å². The Morgan fingerprint density at radius 2 is 1.96 bits per heavy atom. The summed E-state index contributed by atoms with van der Waals surface area (Å²) in [4.78, 5) is 25.1. The van der Waals surface area contributed by atoms with Crippen molar-refractivity contribution in [1.29, 1.82) is 0 Å². The highest BCUT2D eigenvalue weighted by Gasteiger charge is 2.36. The van der Waals surface area contributed by atoms with Crippen LogP contribution >= 0.6 is 11.6 Å². The van der Waals surface area contributed by atoms with E-state index in [2.05, 4.69) is 5.32 Å². The number of Topliss-reactive ketones (excluding diaryl/α,β-unsaturated/α-hetero) is 1. The first-order valence-corrected chi connectivity index (χ1v) is 10.2. The van der Waals surface area contributed by atoms with Crippen molar-refractivity contribution >= 4 is 33.1 Å². The smallest absolute Gasteiger partial charge is 0.291 e. The van der Waals surface area contributed by atoms with E-state index >= 15 is 0 Å². The van der Waals surface area contributed by atoms with Crippen molar-refractivity contribution < 1.29 is 27.7 Å². The number of carbonyl (C=O) groups excluding carboxylic acids is 2. The quantitative estimate of drug-likeness (QED) is 0.548.